The maximum atomic E-state index is 5.71. The first kappa shape index (κ1) is 10.2. The Morgan fingerprint density at radius 3 is 2.77 bits per heavy atom. The van der Waals surface area contributed by atoms with Crippen molar-refractivity contribution in [2.45, 2.75) is 39.2 Å². The van der Waals surface area contributed by atoms with Gasteiger partial charge in [-0.05, 0) is 25.7 Å². The molecule has 4 nitrogen and oxygen atoms in total. The van der Waals surface area contributed by atoms with Crippen LogP contribution in [-0.2, 0) is 0 Å². The highest BCUT2D eigenvalue weighted by molar-refractivity contribution is 5.78. The highest BCUT2D eigenvalue weighted by atomic mass is 15.3. The molecule has 0 spiro atoms. The molecule has 0 amide bonds. The number of rotatable bonds is 1. The number of guanidine groups is 1. The molecular weight excluding hydrogens is 164 g/mol. The van der Waals surface area contributed by atoms with Crippen LogP contribution in [0.15, 0.2) is 5.10 Å². The fraction of sp³-hybridized carbons (Fsp3) is 0.889. The Hall–Kier alpha value is -0.930. The molecule has 13 heavy (non-hydrogen) atoms. The van der Waals surface area contributed by atoms with E-state index >= 15 is 0 Å². The second-order valence-corrected chi connectivity index (χ2v) is 3.84. The molecule has 76 valence electrons. The molecular formula is C9H20N4. The zero-order valence-corrected chi connectivity index (χ0v) is 8.53. The van der Waals surface area contributed by atoms with Crippen LogP contribution in [0, 0.1) is 5.92 Å². The minimum atomic E-state index is 0.477. The Morgan fingerprint density at radius 1 is 1.54 bits per heavy atom. The van der Waals surface area contributed by atoms with Gasteiger partial charge in [0.25, 0.3) is 0 Å². The van der Waals surface area contributed by atoms with Crippen LogP contribution in [0.5, 0.6) is 0 Å². The van der Waals surface area contributed by atoms with Crippen molar-refractivity contribution in [3.8, 4) is 0 Å². The van der Waals surface area contributed by atoms with Gasteiger partial charge in [-0.1, -0.05) is 13.3 Å². The summed E-state index contributed by atoms with van der Waals surface area (Å²) in [6.07, 6.45) is 3.70. The summed E-state index contributed by atoms with van der Waals surface area (Å²) >= 11 is 0. The van der Waals surface area contributed by atoms with Crippen LogP contribution in [0.2, 0.25) is 0 Å². The van der Waals surface area contributed by atoms with Gasteiger partial charge < -0.3 is 16.5 Å². The van der Waals surface area contributed by atoms with Gasteiger partial charge in [0, 0.05) is 12.6 Å². The summed E-state index contributed by atoms with van der Waals surface area (Å²) in [5.41, 5.74) is 5.71. The molecule has 0 aliphatic carbocycles. The van der Waals surface area contributed by atoms with E-state index in [9.17, 15) is 0 Å². The van der Waals surface area contributed by atoms with Crippen molar-refractivity contribution in [1.82, 2.24) is 4.90 Å². The van der Waals surface area contributed by atoms with E-state index in [4.69, 9.17) is 11.6 Å². The first-order valence-electron chi connectivity index (χ1n) is 4.99. The minimum absolute atomic E-state index is 0.477. The number of hydrogen-bond acceptors (Lipinski definition) is 2. The first-order valence-corrected chi connectivity index (χ1v) is 4.99. The third kappa shape index (κ3) is 2.26. The van der Waals surface area contributed by atoms with Crippen molar-refractivity contribution in [3.05, 3.63) is 0 Å². The molecule has 4 heteroatoms. The fourth-order valence-corrected chi connectivity index (χ4v) is 1.91. The molecule has 2 atom stereocenters. The average molecular weight is 184 g/mol. The SMILES string of the molecule is CCC1CCC(C)N(/C(N)=N/N)C1. The third-order valence-corrected chi connectivity index (χ3v) is 2.98. The maximum Gasteiger partial charge on any atom is 0.213 e. The lowest BCUT2D eigenvalue weighted by atomic mass is 9.92. The Balaban J connectivity index is 2.60. The van der Waals surface area contributed by atoms with E-state index in [2.05, 4.69) is 23.8 Å². The summed E-state index contributed by atoms with van der Waals surface area (Å²) in [4.78, 5) is 2.11. The lowest BCUT2D eigenvalue weighted by molar-refractivity contribution is 0.191. The highest BCUT2D eigenvalue weighted by Gasteiger charge is 2.25. The van der Waals surface area contributed by atoms with Crippen LogP contribution >= 0.6 is 0 Å². The van der Waals surface area contributed by atoms with Crippen molar-refractivity contribution in [3.63, 3.8) is 0 Å². The summed E-state index contributed by atoms with van der Waals surface area (Å²) < 4.78 is 0. The third-order valence-electron chi connectivity index (χ3n) is 2.98. The van der Waals surface area contributed by atoms with Gasteiger partial charge in [-0.25, -0.2) is 0 Å². The minimum Gasteiger partial charge on any atom is -0.368 e. The van der Waals surface area contributed by atoms with Gasteiger partial charge in [0.1, 0.15) is 0 Å². The molecule has 4 N–H and O–H groups in total. The number of nitrogens with two attached hydrogens (primary N) is 2. The monoisotopic (exact) mass is 184 g/mol. The average Bonchev–Trinajstić information content (AvgIpc) is 2.17. The van der Waals surface area contributed by atoms with Gasteiger partial charge in [-0.3, -0.25) is 0 Å². The Bertz CT molecular complexity index is 190. The zero-order chi connectivity index (χ0) is 9.84. The van der Waals surface area contributed by atoms with Crippen LogP contribution in [-0.4, -0.2) is 23.4 Å². The van der Waals surface area contributed by atoms with Gasteiger partial charge in [0.15, 0.2) is 0 Å². The van der Waals surface area contributed by atoms with Gasteiger partial charge in [-0.15, -0.1) is 5.10 Å². The highest BCUT2D eigenvalue weighted by Crippen LogP contribution is 2.23. The molecule has 1 rings (SSSR count). The van der Waals surface area contributed by atoms with E-state index in [1.165, 1.54) is 19.3 Å². The van der Waals surface area contributed by atoms with Crippen LogP contribution in [0.25, 0.3) is 0 Å². The fourth-order valence-electron chi connectivity index (χ4n) is 1.91. The van der Waals surface area contributed by atoms with Crippen molar-refractivity contribution in [1.29, 1.82) is 0 Å². The standard InChI is InChI=1S/C9H20N4/c1-3-8-5-4-7(2)13(6-8)9(10)12-11/h7-8H,3-6,11H2,1-2H3,(H2,10,12). The number of piperidine rings is 1. The second kappa shape index (κ2) is 4.35. The smallest absolute Gasteiger partial charge is 0.213 e. The molecule has 0 saturated carbocycles. The maximum absolute atomic E-state index is 5.71. The summed E-state index contributed by atoms with van der Waals surface area (Å²) in [5, 5.41) is 3.55. The van der Waals surface area contributed by atoms with Crippen molar-refractivity contribution < 1.29 is 0 Å². The topological polar surface area (TPSA) is 67.6 Å². The van der Waals surface area contributed by atoms with Gasteiger partial charge in [0.05, 0.1) is 0 Å². The second-order valence-electron chi connectivity index (χ2n) is 3.84. The van der Waals surface area contributed by atoms with E-state index < -0.39 is 0 Å². The van der Waals surface area contributed by atoms with Gasteiger partial charge in [0.2, 0.25) is 5.96 Å². The molecule has 0 aromatic rings. The van der Waals surface area contributed by atoms with E-state index in [1.54, 1.807) is 0 Å². The van der Waals surface area contributed by atoms with Crippen molar-refractivity contribution in [2.24, 2.45) is 22.6 Å². The van der Waals surface area contributed by atoms with E-state index in [1.807, 2.05) is 0 Å². The van der Waals surface area contributed by atoms with Crippen LogP contribution in [0.1, 0.15) is 33.1 Å². The van der Waals surface area contributed by atoms with E-state index in [0.717, 1.165) is 12.5 Å². The molecule has 1 heterocycles. The molecule has 1 aliphatic heterocycles. The molecule has 1 saturated heterocycles. The molecule has 1 aliphatic rings. The van der Waals surface area contributed by atoms with Gasteiger partial charge in [-0.2, -0.15) is 0 Å². The van der Waals surface area contributed by atoms with Gasteiger partial charge >= 0.3 is 0 Å². The Kier molecular flexibility index (Phi) is 3.39. The number of likely N-dealkylation sites (tertiary alicyclic amines) is 1. The van der Waals surface area contributed by atoms with Crippen molar-refractivity contribution in [2.75, 3.05) is 6.54 Å². The molecule has 0 radical (unpaired) electrons. The number of hydrogen-bond donors (Lipinski definition) is 2. The molecule has 0 aromatic heterocycles. The largest absolute Gasteiger partial charge is 0.368 e. The summed E-state index contributed by atoms with van der Waals surface area (Å²) in [7, 11) is 0. The lowest BCUT2D eigenvalue weighted by Crippen LogP contribution is -2.49. The van der Waals surface area contributed by atoms with E-state index in [0.29, 0.717) is 12.0 Å². The van der Waals surface area contributed by atoms with Crippen LogP contribution < -0.4 is 11.6 Å². The van der Waals surface area contributed by atoms with Crippen LogP contribution in [0.4, 0.5) is 0 Å². The predicted octanol–water partition coefficient (Wildman–Crippen LogP) is 0.685. The van der Waals surface area contributed by atoms with E-state index in [-0.39, 0.29) is 0 Å². The normalized spacial score (nSPS) is 30.6. The molecule has 2 unspecified atom stereocenters. The number of nitrogens with zero attached hydrogens (tertiary/aromatic N) is 2. The molecule has 0 bridgehead atoms. The zero-order valence-electron chi connectivity index (χ0n) is 8.53. The molecule has 0 aromatic carbocycles. The first-order chi connectivity index (χ1) is 6.19. The Labute approximate surface area is 80.0 Å². The van der Waals surface area contributed by atoms with Crippen molar-refractivity contribution >= 4 is 5.96 Å². The summed E-state index contributed by atoms with van der Waals surface area (Å²) in [6.45, 7) is 5.39. The summed E-state index contributed by atoms with van der Waals surface area (Å²) in [6, 6.07) is 0.482. The Morgan fingerprint density at radius 2 is 2.23 bits per heavy atom. The summed E-state index contributed by atoms with van der Waals surface area (Å²) in [5.74, 6) is 6.40. The van der Waals surface area contributed by atoms with Crippen LogP contribution in [0.3, 0.4) is 0 Å². The predicted molar refractivity (Wildman–Crippen MR) is 55.0 cm³/mol. The number of hydrazone groups is 1. The quantitative estimate of drug-likeness (QED) is 0.272. The lowest BCUT2D eigenvalue weighted by Gasteiger charge is -2.38. The molecule has 1 fully saturated rings.